The van der Waals surface area contributed by atoms with E-state index in [1.165, 1.54) is 11.1 Å². The lowest BCUT2D eigenvalue weighted by atomic mass is 9.95. The summed E-state index contributed by atoms with van der Waals surface area (Å²) in [4.78, 5) is 0. The maximum absolute atomic E-state index is 7.73. The summed E-state index contributed by atoms with van der Waals surface area (Å²) in [5, 5.41) is 7.73. The second-order valence-corrected chi connectivity index (χ2v) is 2.52. The molecule has 0 aromatic rings. The smallest absolute Gasteiger partial charge is 0.286 e. The highest BCUT2D eigenvalue weighted by Crippen LogP contribution is 2.29. The first kappa shape index (κ1) is 8.61. The minimum Gasteiger partial charge on any atom is -0.428 e. The molecule has 0 atom stereocenters. The van der Waals surface area contributed by atoms with Gasteiger partial charge in [-0.2, -0.15) is 5.26 Å². The van der Waals surface area contributed by atoms with Gasteiger partial charge in [-0.1, -0.05) is 31.2 Å². The summed E-state index contributed by atoms with van der Waals surface area (Å²) in [5.41, 5.74) is 2.85. The molecule has 0 N–H and O–H groups in total. The SMILES string of the molecule is CCCOC#N.c1cc2ccc1-2. The highest BCUT2D eigenvalue weighted by atomic mass is 16.5. The fourth-order valence-corrected chi connectivity index (χ4v) is 0.810. The zero-order valence-corrected chi connectivity index (χ0v) is 7.08. The van der Waals surface area contributed by atoms with Crippen molar-refractivity contribution in [1.29, 1.82) is 5.26 Å². The molecule has 2 aliphatic rings. The first-order valence-electron chi connectivity index (χ1n) is 3.99. The lowest BCUT2D eigenvalue weighted by Gasteiger charge is -2.10. The van der Waals surface area contributed by atoms with Crippen molar-refractivity contribution >= 4 is 0 Å². The van der Waals surface area contributed by atoms with Gasteiger partial charge in [0.15, 0.2) is 0 Å². The summed E-state index contributed by atoms with van der Waals surface area (Å²) < 4.78 is 4.29. The molecule has 12 heavy (non-hydrogen) atoms. The van der Waals surface area contributed by atoms with E-state index in [2.05, 4.69) is 29.0 Å². The van der Waals surface area contributed by atoms with E-state index in [1.807, 2.05) is 6.92 Å². The molecule has 0 aliphatic heterocycles. The summed E-state index contributed by atoms with van der Waals surface area (Å²) in [6, 6.07) is 8.48. The maximum Gasteiger partial charge on any atom is 0.286 e. The van der Waals surface area contributed by atoms with Crippen LogP contribution in [-0.2, 0) is 4.74 Å². The van der Waals surface area contributed by atoms with Gasteiger partial charge >= 0.3 is 0 Å². The lowest BCUT2D eigenvalue weighted by molar-refractivity contribution is 0.270. The molecule has 0 aromatic heterocycles. The second-order valence-electron chi connectivity index (χ2n) is 2.52. The third kappa shape index (κ3) is 2.00. The largest absolute Gasteiger partial charge is 0.428 e. The molecule has 0 saturated heterocycles. The Hall–Kier alpha value is -1.49. The van der Waals surface area contributed by atoms with Crippen LogP contribution < -0.4 is 0 Å². The van der Waals surface area contributed by atoms with E-state index in [1.54, 1.807) is 6.26 Å². The van der Waals surface area contributed by atoms with E-state index in [9.17, 15) is 0 Å². The van der Waals surface area contributed by atoms with Crippen LogP contribution in [0.1, 0.15) is 13.3 Å². The average Bonchev–Trinajstić information content (AvgIpc) is 2.09. The second kappa shape index (κ2) is 4.40. The molecule has 0 bridgehead atoms. The van der Waals surface area contributed by atoms with Crippen LogP contribution in [0.25, 0.3) is 11.1 Å². The van der Waals surface area contributed by atoms with Gasteiger partial charge in [-0.15, -0.1) is 0 Å². The zero-order valence-electron chi connectivity index (χ0n) is 7.08. The van der Waals surface area contributed by atoms with Crippen molar-refractivity contribution in [3.63, 3.8) is 0 Å². The molecule has 2 rings (SSSR count). The fourth-order valence-electron chi connectivity index (χ4n) is 0.810. The minimum atomic E-state index is 0.552. The van der Waals surface area contributed by atoms with Gasteiger partial charge in [-0.25, -0.2) is 0 Å². The van der Waals surface area contributed by atoms with E-state index in [-0.39, 0.29) is 0 Å². The molecule has 62 valence electrons. The third-order valence-electron chi connectivity index (χ3n) is 1.59. The molecule has 0 aromatic carbocycles. The molecule has 0 amide bonds. The highest BCUT2D eigenvalue weighted by Gasteiger charge is 2.03. The summed E-state index contributed by atoms with van der Waals surface area (Å²) in [6.45, 7) is 2.51. The normalized spacial score (nSPS) is 9.00. The number of fused-ring (bicyclic) bond motifs is 1. The van der Waals surface area contributed by atoms with Gasteiger partial charge in [-0.3, -0.25) is 0 Å². The predicted octanol–water partition coefficient (Wildman–Crippen LogP) is 2.56. The standard InChI is InChI=1S/C6H4.C4H7NO/c1-2-6-4-3-5(1)6;1-2-3-6-4-5/h1-4H;2-3H2,1H3. The Labute approximate surface area is 72.4 Å². The molecule has 0 fully saturated rings. The maximum atomic E-state index is 7.73. The van der Waals surface area contributed by atoms with Gasteiger partial charge < -0.3 is 4.74 Å². The monoisotopic (exact) mass is 161 g/mol. The first-order valence-corrected chi connectivity index (χ1v) is 3.99. The first-order chi connectivity index (χ1) is 5.88. The molecular formula is C10H11NO. The van der Waals surface area contributed by atoms with E-state index in [0.29, 0.717) is 6.61 Å². The van der Waals surface area contributed by atoms with Gasteiger partial charge in [0, 0.05) is 0 Å². The van der Waals surface area contributed by atoms with Crippen molar-refractivity contribution in [1.82, 2.24) is 0 Å². The van der Waals surface area contributed by atoms with Gasteiger partial charge in [0.25, 0.3) is 6.26 Å². The summed E-state index contributed by atoms with van der Waals surface area (Å²) in [5.74, 6) is 0. The Morgan fingerprint density at radius 1 is 1.25 bits per heavy atom. The fraction of sp³-hybridized carbons (Fsp3) is 0.300. The highest BCUT2D eigenvalue weighted by molar-refractivity contribution is 5.75. The van der Waals surface area contributed by atoms with Crippen LogP contribution in [-0.4, -0.2) is 6.61 Å². The number of hydrogen-bond donors (Lipinski definition) is 0. The zero-order chi connectivity index (χ0) is 8.81. The van der Waals surface area contributed by atoms with E-state index in [4.69, 9.17) is 5.26 Å². The van der Waals surface area contributed by atoms with Crippen LogP contribution in [0.5, 0.6) is 0 Å². The topological polar surface area (TPSA) is 33.0 Å². The Morgan fingerprint density at radius 3 is 1.83 bits per heavy atom. The summed E-state index contributed by atoms with van der Waals surface area (Å²) >= 11 is 0. The Bertz CT molecular complexity index is 250. The van der Waals surface area contributed by atoms with Crippen molar-refractivity contribution < 1.29 is 4.74 Å². The van der Waals surface area contributed by atoms with Crippen molar-refractivity contribution in [2.45, 2.75) is 13.3 Å². The molecule has 0 unspecified atom stereocenters. The van der Waals surface area contributed by atoms with E-state index in [0.717, 1.165) is 6.42 Å². The van der Waals surface area contributed by atoms with Gasteiger partial charge in [0.2, 0.25) is 0 Å². The van der Waals surface area contributed by atoms with Crippen molar-refractivity contribution in [3.05, 3.63) is 24.3 Å². The third-order valence-corrected chi connectivity index (χ3v) is 1.59. The molecule has 0 saturated carbocycles. The van der Waals surface area contributed by atoms with Gasteiger partial charge in [0.05, 0.1) is 0 Å². The summed E-state index contributed by atoms with van der Waals surface area (Å²) in [7, 11) is 0. The molecular weight excluding hydrogens is 150 g/mol. The minimum absolute atomic E-state index is 0.552. The van der Waals surface area contributed by atoms with Crippen molar-refractivity contribution in [3.8, 4) is 17.4 Å². The average molecular weight is 161 g/mol. The van der Waals surface area contributed by atoms with Gasteiger partial charge in [0.1, 0.15) is 6.61 Å². The van der Waals surface area contributed by atoms with Crippen LogP contribution in [0.4, 0.5) is 0 Å². The Balaban J connectivity index is 0.000000120. The summed E-state index contributed by atoms with van der Waals surface area (Å²) in [6.07, 6.45) is 2.48. The van der Waals surface area contributed by atoms with Crippen LogP contribution >= 0.6 is 0 Å². The molecule has 2 nitrogen and oxygen atoms in total. The molecule has 0 radical (unpaired) electrons. The number of nitrogens with zero attached hydrogens (tertiary/aromatic N) is 1. The Kier molecular flexibility index (Phi) is 3.16. The lowest BCUT2D eigenvalue weighted by Crippen LogP contribution is -1.85. The van der Waals surface area contributed by atoms with E-state index < -0.39 is 0 Å². The number of rotatable bonds is 2. The van der Waals surface area contributed by atoms with Gasteiger partial charge in [-0.05, 0) is 17.5 Å². The Morgan fingerprint density at radius 2 is 1.75 bits per heavy atom. The van der Waals surface area contributed by atoms with Crippen molar-refractivity contribution in [2.24, 2.45) is 0 Å². The van der Waals surface area contributed by atoms with Crippen LogP contribution in [0.3, 0.4) is 0 Å². The number of benzene rings is 1. The van der Waals surface area contributed by atoms with Crippen LogP contribution in [0.15, 0.2) is 24.3 Å². The molecule has 2 aliphatic carbocycles. The molecule has 0 spiro atoms. The van der Waals surface area contributed by atoms with Crippen molar-refractivity contribution in [2.75, 3.05) is 6.61 Å². The number of nitriles is 1. The van der Waals surface area contributed by atoms with Crippen LogP contribution in [0.2, 0.25) is 0 Å². The number of hydrogen-bond acceptors (Lipinski definition) is 2. The molecule has 2 heteroatoms. The molecule has 0 heterocycles. The van der Waals surface area contributed by atoms with E-state index >= 15 is 0 Å². The van der Waals surface area contributed by atoms with Crippen LogP contribution in [0, 0.1) is 11.5 Å². The quantitative estimate of drug-likeness (QED) is 0.501. The number of ether oxygens (including phenoxy) is 1. The predicted molar refractivity (Wildman–Crippen MR) is 47.3 cm³/mol.